The lowest BCUT2D eigenvalue weighted by atomic mass is 10.3. The van der Waals surface area contributed by atoms with Crippen LogP contribution >= 0.6 is 0 Å². The first-order valence-electron chi connectivity index (χ1n) is 6.76. The zero-order valence-corrected chi connectivity index (χ0v) is 11.4. The maximum Gasteiger partial charge on any atom is 0.246 e. The van der Waals surface area contributed by atoms with E-state index in [1.165, 1.54) is 6.08 Å². The second kappa shape index (κ2) is 6.21. The summed E-state index contributed by atoms with van der Waals surface area (Å²) in [6, 6.07) is 7.11. The van der Waals surface area contributed by atoms with Crippen LogP contribution in [0.4, 0.5) is 0 Å². The van der Waals surface area contributed by atoms with Crippen LogP contribution < -0.4 is 4.74 Å². The van der Waals surface area contributed by atoms with Gasteiger partial charge in [0, 0.05) is 31.3 Å². The average molecular weight is 285 g/mol. The van der Waals surface area contributed by atoms with E-state index in [4.69, 9.17) is 9.15 Å². The topological polar surface area (TPSA) is 68.5 Å². The molecule has 1 aliphatic rings. The van der Waals surface area contributed by atoms with E-state index in [1.807, 2.05) is 0 Å². The minimum Gasteiger partial charge on any atom is -0.471 e. The molecule has 0 aliphatic carbocycles. The highest BCUT2D eigenvalue weighted by molar-refractivity contribution is 5.91. The summed E-state index contributed by atoms with van der Waals surface area (Å²) in [7, 11) is 0. The summed E-state index contributed by atoms with van der Waals surface area (Å²) in [5.41, 5.74) is 0. The number of rotatable bonds is 4. The van der Waals surface area contributed by atoms with Crippen LogP contribution in [0.5, 0.6) is 5.88 Å². The molecule has 0 bridgehead atoms. The van der Waals surface area contributed by atoms with Crippen LogP contribution in [0.1, 0.15) is 12.2 Å². The molecule has 1 aliphatic heterocycles. The molecule has 0 radical (unpaired) electrons. The highest BCUT2D eigenvalue weighted by Gasteiger charge is 2.26. The lowest BCUT2D eigenvalue weighted by Crippen LogP contribution is -2.29. The molecule has 1 saturated heterocycles. The predicted octanol–water partition coefficient (Wildman–Crippen LogP) is 1.76. The minimum atomic E-state index is -0.0448. The molecule has 108 valence electrons. The standard InChI is InChI=1S/C15H15N3O3/c19-15(6-5-12-3-2-10-20-12)18-9-7-13(11-18)21-14-4-1-8-16-17-14/h1-6,8,10,13H,7,9,11H2/b6-5+/t13-/m0/s1. The normalized spacial score (nSPS) is 18.3. The van der Waals surface area contributed by atoms with Gasteiger partial charge in [-0.25, -0.2) is 0 Å². The number of carbonyl (C=O) groups excluding carboxylic acids is 1. The van der Waals surface area contributed by atoms with Gasteiger partial charge in [-0.3, -0.25) is 4.79 Å². The first kappa shape index (κ1) is 13.4. The first-order chi connectivity index (χ1) is 10.3. The highest BCUT2D eigenvalue weighted by atomic mass is 16.5. The average Bonchev–Trinajstić information content (AvgIpc) is 3.17. The van der Waals surface area contributed by atoms with Crippen molar-refractivity contribution in [2.24, 2.45) is 0 Å². The summed E-state index contributed by atoms with van der Waals surface area (Å²) in [5, 5.41) is 7.64. The van der Waals surface area contributed by atoms with Crippen LogP contribution in [0.2, 0.25) is 0 Å². The van der Waals surface area contributed by atoms with Crippen LogP contribution in [-0.2, 0) is 4.79 Å². The van der Waals surface area contributed by atoms with Crippen LogP contribution in [0.3, 0.4) is 0 Å². The summed E-state index contributed by atoms with van der Waals surface area (Å²) in [5.74, 6) is 1.11. The van der Waals surface area contributed by atoms with Crippen LogP contribution in [0.25, 0.3) is 6.08 Å². The van der Waals surface area contributed by atoms with Gasteiger partial charge in [0.2, 0.25) is 11.8 Å². The smallest absolute Gasteiger partial charge is 0.246 e. The third-order valence-corrected chi connectivity index (χ3v) is 3.23. The first-order valence-corrected chi connectivity index (χ1v) is 6.76. The molecule has 0 spiro atoms. The summed E-state index contributed by atoms with van der Waals surface area (Å²) >= 11 is 0. The Bertz CT molecular complexity index is 610. The van der Waals surface area contributed by atoms with Crippen molar-refractivity contribution in [3.63, 3.8) is 0 Å². The van der Waals surface area contributed by atoms with Crippen LogP contribution in [0.15, 0.2) is 47.2 Å². The molecule has 0 aromatic carbocycles. The summed E-state index contributed by atoms with van der Waals surface area (Å²) in [4.78, 5) is 13.8. The van der Waals surface area contributed by atoms with Gasteiger partial charge in [-0.05, 0) is 24.3 Å². The Morgan fingerprint density at radius 2 is 2.38 bits per heavy atom. The molecule has 1 fully saturated rings. The molecule has 3 heterocycles. The fourth-order valence-corrected chi connectivity index (χ4v) is 2.19. The van der Waals surface area contributed by atoms with Crippen molar-refractivity contribution in [2.75, 3.05) is 13.1 Å². The largest absolute Gasteiger partial charge is 0.471 e. The summed E-state index contributed by atoms with van der Waals surface area (Å²) in [6.45, 7) is 1.23. The number of furan rings is 1. The Hall–Kier alpha value is -2.63. The van der Waals surface area contributed by atoms with E-state index in [1.54, 1.807) is 47.7 Å². The molecule has 6 heteroatoms. The zero-order valence-electron chi connectivity index (χ0n) is 11.4. The molecule has 0 saturated carbocycles. The minimum absolute atomic E-state index is 0.0392. The lowest BCUT2D eigenvalue weighted by Gasteiger charge is -2.14. The second-order valence-electron chi connectivity index (χ2n) is 4.72. The Morgan fingerprint density at radius 1 is 1.43 bits per heavy atom. The van der Waals surface area contributed by atoms with Crippen LogP contribution in [0, 0.1) is 0 Å². The van der Waals surface area contributed by atoms with E-state index >= 15 is 0 Å². The number of hydrogen-bond acceptors (Lipinski definition) is 5. The van der Waals surface area contributed by atoms with Gasteiger partial charge in [0.15, 0.2) is 0 Å². The summed E-state index contributed by atoms with van der Waals surface area (Å²) < 4.78 is 10.8. The van der Waals surface area contributed by atoms with Gasteiger partial charge in [0.1, 0.15) is 11.9 Å². The third-order valence-electron chi connectivity index (χ3n) is 3.23. The van der Waals surface area contributed by atoms with Crippen LogP contribution in [-0.4, -0.2) is 40.2 Å². The molecule has 0 unspecified atom stereocenters. The van der Waals surface area contributed by atoms with Gasteiger partial charge in [-0.2, -0.15) is 5.10 Å². The van der Waals surface area contributed by atoms with E-state index in [-0.39, 0.29) is 12.0 Å². The Balaban J connectivity index is 1.53. The molecule has 1 amide bonds. The van der Waals surface area contributed by atoms with Gasteiger partial charge in [0.05, 0.1) is 12.8 Å². The van der Waals surface area contributed by atoms with Crippen molar-refractivity contribution in [3.05, 3.63) is 48.6 Å². The summed E-state index contributed by atoms with van der Waals surface area (Å²) in [6.07, 6.45) is 7.10. The van der Waals surface area contributed by atoms with Crippen molar-refractivity contribution in [3.8, 4) is 5.88 Å². The van der Waals surface area contributed by atoms with Gasteiger partial charge in [-0.1, -0.05) is 0 Å². The number of amides is 1. The SMILES string of the molecule is O=C(/C=C/c1ccco1)N1CC[C@H](Oc2cccnn2)C1. The fraction of sp³-hybridized carbons (Fsp3) is 0.267. The predicted molar refractivity (Wildman–Crippen MR) is 75.4 cm³/mol. The number of carbonyl (C=O) groups is 1. The number of aromatic nitrogens is 2. The zero-order chi connectivity index (χ0) is 14.5. The van der Waals surface area contributed by atoms with Crippen molar-refractivity contribution in [1.29, 1.82) is 0 Å². The Kier molecular flexibility index (Phi) is 3.95. The molecule has 21 heavy (non-hydrogen) atoms. The molecule has 0 N–H and O–H groups in total. The Morgan fingerprint density at radius 3 is 3.14 bits per heavy atom. The molecular weight excluding hydrogens is 270 g/mol. The maximum absolute atomic E-state index is 12.1. The quantitative estimate of drug-likeness (QED) is 0.801. The second-order valence-corrected chi connectivity index (χ2v) is 4.72. The third kappa shape index (κ3) is 3.47. The van der Waals surface area contributed by atoms with Gasteiger partial charge in [-0.15, -0.1) is 5.10 Å². The van der Waals surface area contributed by atoms with Crippen molar-refractivity contribution in [2.45, 2.75) is 12.5 Å². The number of nitrogens with zero attached hydrogens (tertiary/aromatic N) is 3. The van der Waals surface area contributed by atoms with E-state index in [0.29, 0.717) is 24.7 Å². The number of likely N-dealkylation sites (tertiary alicyclic amines) is 1. The maximum atomic E-state index is 12.1. The van der Waals surface area contributed by atoms with Gasteiger partial charge >= 0.3 is 0 Å². The van der Waals surface area contributed by atoms with E-state index in [9.17, 15) is 4.79 Å². The van der Waals surface area contributed by atoms with E-state index < -0.39 is 0 Å². The van der Waals surface area contributed by atoms with E-state index in [2.05, 4.69) is 10.2 Å². The monoisotopic (exact) mass is 285 g/mol. The molecule has 2 aromatic heterocycles. The molecule has 3 rings (SSSR count). The fourth-order valence-electron chi connectivity index (χ4n) is 2.19. The molecule has 1 atom stereocenters. The van der Waals surface area contributed by atoms with Crippen molar-refractivity contribution >= 4 is 12.0 Å². The molecule has 2 aromatic rings. The van der Waals surface area contributed by atoms with Crippen molar-refractivity contribution < 1.29 is 13.9 Å². The van der Waals surface area contributed by atoms with Crippen molar-refractivity contribution in [1.82, 2.24) is 15.1 Å². The highest BCUT2D eigenvalue weighted by Crippen LogP contribution is 2.16. The number of hydrogen-bond donors (Lipinski definition) is 0. The van der Waals surface area contributed by atoms with Gasteiger partial charge in [0.25, 0.3) is 0 Å². The Labute approximate surface area is 122 Å². The molecular formula is C15H15N3O3. The number of ether oxygens (including phenoxy) is 1. The lowest BCUT2D eigenvalue weighted by molar-refractivity contribution is -0.125. The van der Waals surface area contributed by atoms with E-state index in [0.717, 1.165) is 6.42 Å². The molecule has 6 nitrogen and oxygen atoms in total. The van der Waals surface area contributed by atoms with Gasteiger partial charge < -0.3 is 14.1 Å².